The molecule has 0 aliphatic carbocycles. The van der Waals surface area contributed by atoms with E-state index < -0.39 is 0 Å². The Morgan fingerprint density at radius 3 is 2.00 bits per heavy atom. The highest BCUT2D eigenvalue weighted by molar-refractivity contribution is 5.76. The maximum Gasteiger partial charge on any atom is 0.222 e. The van der Waals surface area contributed by atoms with Gasteiger partial charge < -0.3 is 9.80 Å². The third-order valence-electron chi connectivity index (χ3n) is 3.53. The molecule has 3 nitrogen and oxygen atoms in total. The maximum absolute atomic E-state index is 12.0. The molecule has 0 fully saturated rings. The van der Waals surface area contributed by atoms with Gasteiger partial charge in [0.15, 0.2) is 0 Å². The molecule has 18 heavy (non-hydrogen) atoms. The van der Waals surface area contributed by atoms with Gasteiger partial charge >= 0.3 is 0 Å². The lowest BCUT2D eigenvalue weighted by molar-refractivity contribution is -0.131. The molecule has 0 aromatic heterocycles. The SMILES string of the molecule is CCCCN(CC)C(=O)CCCCN(CC)CC. The summed E-state index contributed by atoms with van der Waals surface area (Å²) >= 11 is 0. The van der Waals surface area contributed by atoms with Gasteiger partial charge in [0.1, 0.15) is 0 Å². The molecular formula is C15H32N2O. The minimum atomic E-state index is 0.338. The smallest absolute Gasteiger partial charge is 0.222 e. The lowest BCUT2D eigenvalue weighted by atomic mass is 10.2. The summed E-state index contributed by atoms with van der Waals surface area (Å²) in [6.07, 6.45) is 5.17. The van der Waals surface area contributed by atoms with Gasteiger partial charge in [-0.05, 0) is 45.8 Å². The molecule has 0 N–H and O–H groups in total. The van der Waals surface area contributed by atoms with Gasteiger partial charge in [0.2, 0.25) is 5.91 Å². The van der Waals surface area contributed by atoms with Crippen molar-refractivity contribution in [3.63, 3.8) is 0 Å². The van der Waals surface area contributed by atoms with E-state index in [2.05, 4.69) is 32.6 Å². The highest BCUT2D eigenvalue weighted by Gasteiger charge is 2.10. The number of amides is 1. The first-order chi connectivity index (χ1) is 8.69. The normalized spacial score (nSPS) is 10.9. The van der Waals surface area contributed by atoms with E-state index in [1.165, 1.54) is 0 Å². The van der Waals surface area contributed by atoms with E-state index in [-0.39, 0.29) is 0 Å². The zero-order chi connectivity index (χ0) is 13.8. The summed E-state index contributed by atoms with van der Waals surface area (Å²) in [5.74, 6) is 0.338. The fraction of sp³-hybridized carbons (Fsp3) is 0.933. The second-order valence-corrected chi connectivity index (χ2v) is 4.81. The summed E-state index contributed by atoms with van der Waals surface area (Å²) in [7, 11) is 0. The summed E-state index contributed by atoms with van der Waals surface area (Å²) in [5.41, 5.74) is 0. The van der Waals surface area contributed by atoms with E-state index in [1.54, 1.807) is 0 Å². The van der Waals surface area contributed by atoms with Gasteiger partial charge in [-0.25, -0.2) is 0 Å². The molecule has 0 bridgehead atoms. The Labute approximate surface area is 114 Å². The van der Waals surface area contributed by atoms with Gasteiger partial charge in [0.05, 0.1) is 0 Å². The Morgan fingerprint density at radius 2 is 1.50 bits per heavy atom. The molecule has 0 radical (unpaired) electrons. The lowest BCUT2D eigenvalue weighted by Gasteiger charge is -2.21. The molecule has 0 saturated carbocycles. The minimum absolute atomic E-state index is 0.338. The van der Waals surface area contributed by atoms with Crippen LogP contribution in [0.25, 0.3) is 0 Å². The fourth-order valence-corrected chi connectivity index (χ4v) is 2.12. The quantitative estimate of drug-likeness (QED) is 0.530. The Kier molecular flexibility index (Phi) is 11.2. The molecule has 0 aliphatic rings. The first kappa shape index (κ1) is 17.4. The summed E-state index contributed by atoms with van der Waals surface area (Å²) in [4.78, 5) is 16.4. The molecule has 0 spiro atoms. The van der Waals surface area contributed by atoms with E-state index in [1.807, 2.05) is 4.90 Å². The monoisotopic (exact) mass is 256 g/mol. The maximum atomic E-state index is 12.0. The largest absolute Gasteiger partial charge is 0.343 e. The third-order valence-corrected chi connectivity index (χ3v) is 3.53. The van der Waals surface area contributed by atoms with Crippen LogP contribution in [0.3, 0.4) is 0 Å². The van der Waals surface area contributed by atoms with Crippen molar-refractivity contribution in [1.29, 1.82) is 0 Å². The number of unbranched alkanes of at least 4 members (excludes halogenated alkanes) is 2. The summed E-state index contributed by atoms with van der Waals surface area (Å²) in [6, 6.07) is 0. The molecule has 108 valence electrons. The van der Waals surface area contributed by atoms with Crippen LogP contribution < -0.4 is 0 Å². The van der Waals surface area contributed by atoms with Crippen molar-refractivity contribution in [1.82, 2.24) is 9.80 Å². The van der Waals surface area contributed by atoms with Crippen LogP contribution >= 0.6 is 0 Å². The molecule has 0 heterocycles. The zero-order valence-corrected chi connectivity index (χ0v) is 12.9. The van der Waals surface area contributed by atoms with Crippen LogP contribution in [0.1, 0.15) is 59.8 Å². The van der Waals surface area contributed by atoms with Gasteiger partial charge in [-0.1, -0.05) is 27.2 Å². The highest BCUT2D eigenvalue weighted by Crippen LogP contribution is 2.04. The van der Waals surface area contributed by atoms with Crippen LogP contribution in [0.2, 0.25) is 0 Å². The van der Waals surface area contributed by atoms with Gasteiger partial charge in [-0.2, -0.15) is 0 Å². The first-order valence-electron chi connectivity index (χ1n) is 7.69. The summed E-state index contributed by atoms with van der Waals surface area (Å²) in [5, 5.41) is 0. The number of carbonyl (C=O) groups excluding carboxylic acids is 1. The van der Waals surface area contributed by atoms with Gasteiger partial charge in [-0.3, -0.25) is 4.79 Å². The molecule has 1 amide bonds. The van der Waals surface area contributed by atoms with Crippen molar-refractivity contribution in [3.05, 3.63) is 0 Å². The minimum Gasteiger partial charge on any atom is -0.343 e. The number of carbonyl (C=O) groups is 1. The Balaban J connectivity index is 3.73. The van der Waals surface area contributed by atoms with E-state index in [9.17, 15) is 4.79 Å². The van der Waals surface area contributed by atoms with Crippen LogP contribution in [-0.4, -0.2) is 48.4 Å². The van der Waals surface area contributed by atoms with E-state index >= 15 is 0 Å². The molecule has 0 aromatic rings. The number of rotatable bonds is 11. The van der Waals surface area contributed by atoms with E-state index in [4.69, 9.17) is 0 Å². The topological polar surface area (TPSA) is 23.6 Å². The van der Waals surface area contributed by atoms with Crippen molar-refractivity contribution in [3.8, 4) is 0 Å². The number of nitrogens with zero attached hydrogens (tertiary/aromatic N) is 2. The van der Waals surface area contributed by atoms with Crippen molar-refractivity contribution < 1.29 is 4.79 Å². The molecular weight excluding hydrogens is 224 g/mol. The van der Waals surface area contributed by atoms with Crippen molar-refractivity contribution in [2.45, 2.75) is 59.8 Å². The van der Waals surface area contributed by atoms with Crippen molar-refractivity contribution >= 4 is 5.91 Å². The Hall–Kier alpha value is -0.570. The molecule has 0 atom stereocenters. The van der Waals surface area contributed by atoms with Crippen LogP contribution in [-0.2, 0) is 4.79 Å². The standard InChI is InChI=1S/C15H32N2O/c1-5-9-14-17(8-4)15(18)12-10-11-13-16(6-2)7-3/h5-14H2,1-4H3. The molecule has 0 aliphatic heterocycles. The lowest BCUT2D eigenvalue weighted by Crippen LogP contribution is -2.31. The Morgan fingerprint density at radius 1 is 0.833 bits per heavy atom. The summed E-state index contributed by atoms with van der Waals surface area (Å²) in [6.45, 7) is 13.8. The molecule has 0 saturated heterocycles. The second-order valence-electron chi connectivity index (χ2n) is 4.81. The number of hydrogen-bond acceptors (Lipinski definition) is 2. The Bertz CT molecular complexity index is 203. The summed E-state index contributed by atoms with van der Waals surface area (Å²) < 4.78 is 0. The van der Waals surface area contributed by atoms with Gasteiger partial charge in [0, 0.05) is 19.5 Å². The predicted molar refractivity (Wildman–Crippen MR) is 78.8 cm³/mol. The molecule has 3 heteroatoms. The van der Waals surface area contributed by atoms with Crippen LogP contribution in [0.4, 0.5) is 0 Å². The van der Waals surface area contributed by atoms with Crippen LogP contribution in [0, 0.1) is 0 Å². The van der Waals surface area contributed by atoms with Crippen molar-refractivity contribution in [2.24, 2.45) is 0 Å². The number of hydrogen-bond donors (Lipinski definition) is 0. The zero-order valence-electron chi connectivity index (χ0n) is 12.9. The van der Waals surface area contributed by atoms with Crippen LogP contribution in [0.15, 0.2) is 0 Å². The van der Waals surface area contributed by atoms with Crippen LogP contribution in [0.5, 0.6) is 0 Å². The predicted octanol–water partition coefficient (Wildman–Crippen LogP) is 3.15. The van der Waals surface area contributed by atoms with E-state index in [0.717, 1.165) is 64.8 Å². The molecule has 0 rings (SSSR count). The van der Waals surface area contributed by atoms with Gasteiger partial charge in [-0.15, -0.1) is 0 Å². The van der Waals surface area contributed by atoms with Crippen molar-refractivity contribution in [2.75, 3.05) is 32.7 Å². The highest BCUT2D eigenvalue weighted by atomic mass is 16.2. The third kappa shape index (κ3) is 7.70. The average molecular weight is 256 g/mol. The van der Waals surface area contributed by atoms with E-state index in [0.29, 0.717) is 5.91 Å². The molecule has 0 unspecified atom stereocenters. The fourth-order valence-electron chi connectivity index (χ4n) is 2.12. The average Bonchev–Trinajstić information content (AvgIpc) is 2.40. The van der Waals surface area contributed by atoms with Gasteiger partial charge in [0.25, 0.3) is 0 Å². The first-order valence-corrected chi connectivity index (χ1v) is 7.69. The second kappa shape index (κ2) is 11.5. The molecule has 0 aromatic carbocycles.